The number of hydrogen-bond acceptors (Lipinski definition) is 5. The van der Waals surface area contributed by atoms with Gasteiger partial charge in [-0.1, -0.05) is 200 Å². The van der Waals surface area contributed by atoms with Gasteiger partial charge in [-0.3, -0.25) is 0 Å². The number of nitrogens with zero attached hydrogens (tertiary/aromatic N) is 2. The van der Waals surface area contributed by atoms with Crippen LogP contribution in [0.1, 0.15) is 0 Å². The fourth-order valence-corrected chi connectivity index (χ4v) is 12.2. The molecule has 0 N–H and O–H groups in total. The first-order valence-corrected chi connectivity index (χ1v) is 27.5. The van der Waals surface area contributed by atoms with E-state index in [4.69, 9.17) is 13.6 Å². The smallest absolute Gasteiger partial charge is 0.143 e. The zero-order valence-electron chi connectivity index (χ0n) is 43.8. The van der Waals surface area contributed by atoms with E-state index >= 15 is 0 Å². The SMILES string of the molecule is c1ccc(-c2ccc(N(c3ccc(-c4cccc5c4oc4ccccc45)cc3)c3ccc4c(c3)Oc3cc(N(c5ccc(-c6ccccc6)cc5)c5ccc(-c6cccc7c6oc6ccccc67)cc5)cc5cccc-4c35)cc2)cc1. The van der Waals surface area contributed by atoms with Gasteiger partial charge in [0.05, 0.1) is 5.69 Å². The lowest BCUT2D eigenvalue weighted by Crippen LogP contribution is -2.11. The maximum absolute atomic E-state index is 7.24. The highest BCUT2D eigenvalue weighted by Gasteiger charge is 2.26. The first kappa shape index (κ1) is 46.2. The average Bonchev–Trinajstić information content (AvgIpc) is 4.16. The fourth-order valence-electron chi connectivity index (χ4n) is 12.2. The molecule has 0 atom stereocenters. The van der Waals surface area contributed by atoms with Gasteiger partial charge in [0.25, 0.3) is 0 Å². The standard InChI is InChI=1S/C76H48N2O3/c1-3-14-49(15-4-1)51-28-36-56(37-29-51)77(57-40-32-53(33-41-57)62-21-12-24-68-64-19-7-9-26-70(64)80-75(62)68)60-44-45-66-67-23-11-18-55-46-61(48-73(74(55)67)79-72(66)47-60)78(58-38-30-52(31-39-58)50-16-5-2-6-17-50)59-42-34-54(35-43-59)63-22-13-25-69-65-20-8-10-27-71(65)81-76(63)69/h1-48H. The molecule has 0 saturated heterocycles. The Morgan fingerprint density at radius 2 is 0.630 bits per heavy atom. The van der Waals surface area contributed by atoms with Crippen molar-refractivity contribution in [3.63, 3.8) is 0 Å². The largest absolute Gasteiger partial charge is 0.456 e. The molecule has 0 unspecified atom stereocenters. The van der Waals surface area contributed by atoms with Gasteiger partial charge in [-0.25, -0.2) is 0 Å². The highest BCUT2D eigenvalue weighted by molar-refractivity contribution is 6.11. The molecule has 0 amide bonds. The summed E-state index contributed by atoms with van der Waals surface area (Å²) in [6.07, 6.45) is 0. The van der Waals surface area contributed by atoms with Crippen molar-refractivity contribution in [1.82, 2.24) is 0 Å². The third-order valence-corrected chi connectivity index (χ3v) is 16.1. The van der Waals surface area contributed by atoms with E-state index in [1.165, 1.54) is 11.1 Å². The first-order valence-electron chi connectivity index (χ1n) is 27.5. The molecule has 3 heterocycles. The minimum absolute atomic E-state index is 0.784. The second kappa shape index (κ2) is 18.9. The average molecular weight is 1040 g/mol. The van der Waals surface area contributed by atoms with Crippen LogP contribution in [0.15, 0.2) is 300 Å². The molecular formula is C76H48N2O3. The normalized spacial score (nSPS) is 11.8. The van der Waals surface area contributed by atoms with E-state index in [0.29, 0.717) is 0 Å². The van der Waals surface area contributed by atoms with Gasteiger partial charge in [-0.05, 0) is 123 Å². The van der Waals surface area contributed by atoms with E-state index in [1.807, 2.05) is 24.3 Å². The number of rotatable bonds is 10. The van der Waals surface area contributed by atoms with Crippen LogP contribution in [0.25, 0.3) is 110 Å². The highest BCUT2D eigenvalue weighted by atomic mass is 16.5. The molecular weight excluding hydrogens is 989 g/mol. The maximum atomic E-state index is 7.24. The summed E-state index contributed by atoms with van der Waals surface area (Å²) in [5.74, 6) is 1.58. The zero-order chi connectivity index (χ0) is 53.4. The van der Waals surface area contributed by atoms with E-state index in [2.05, 4.69) is 277 Å². The molecule has 0 aliphatic carbocycles. The monoisotopic (exact) mass is 1040 g/mol. The summed E-state index contributed by atoms with van der Waals surface area (Å²) < 4.78 is 20.2. The third-order valence-electron chi connectivity index (χ3n) is 16.1. The predicted molar refractivity (Wildman–Crippen MR) is 335 cm³/mol. The number of fused-ring (bicyclic) bond motifs is 8. The summed E-state index contributed by atoms with van der Waals surface area (Å²) >= 11 is 0. The van der Waals surface area contributed by atoms with Gasteiger partial charge >= 0.3 is 0 Å². The van der Waals surface area contributed by atoms with Crippen LogP contribution in [0, 0.1) is 0 Å². The second-order valence-electron chi connectivity index (χ2n) is 20.8. The number of para-hydroxylation sites is 4. The molecule has 5 heteroatoms. The number of benzene rings is 13. The number of anilines is 6. The zero-order valence-corrected chi connectivity index (χ0v) is 43.8. The van der Waals surface area contributed by atoms with Crippen molar-refractivity contribution in [1.29, 1.82) is 0 Å². The second-order valence-corrected chi connectivity index (χ2v) is 20.8. The van der Waals surface area contributed by atoms with Crippen molar-refractivity contribution < 1.29 is 13.6 Å². The third kappa shape index (κ3) is 7.93. The Kier molecular flexibility index (Phi) is 10.8. The van der Waals surface area contributed by atoms with Crippen LogP contribution >= 0.6 is 0 Å². The molecule has 1 aliphatic heterocycles. The molecule has 15 aromatic rings. The fraction of sp³-hybridized carbons (Fsp3) is 0. The predicted octanol–water partition coefficient (Wildman–Crippen LogP) is 22.0. The van der Waals surface area contributed by atoms with Gasteiger partial charge in [0, 0.05) is 84.2 Å². The van der Waals surface area contributed by atoms with E-state index in [1.54, 1.807) is 0 Å². The molecule has 1 aliphatic rings. The molecule has 380 valence electrons. The molecule has 16 rings (SSSR count). The van der Waals surface area contributed by atoms with Gasteiger partial charge in [0.2, 0.25) is 0 Å². The Hall–Kier alpha value is -10.9. The summed E-state index contributed by atoms with van der Waals surface area (Å²) in [7, 11) is 0. The first-order chi connectivity index (χ1) is 40.1. The Morgan fingerprint density at radius 3 is 1.15 bits per heavy atom. The highest BCUT2D eigenvalue weighted by Crippen LogP contribution is 2.52. The van der Waals surface area contributed by atoms with E-state index in [-0.39, 0.29) is 0 Å². The maximum Gasteiger partial charge on any atom is 0.143 e. The summed E-state index contributed by atoms with van der Waals surface area (Å²) in [6.45, 7) is 0. The summed E-state index contributed by atoms with van der Waals surface area (Å²) in [4.78, 5) is 4.65. The molecule has 0 saturated carbocycles. The van der Waals surface area contributed by atoms with Gasteiger partial charge in [-0.2, -0.15) is 0 Å². The van der Waals surface area contributed by atoms with Crippen molar-refractivity contribution in [2.24, 2.45) is 0 Å². The van der Waals surface area contributed by atoms with Crippen molar-refractivity contribution in [2.75, 3.05) is 9.80 Å². The topological polar surface area (TPSA) is 42.0 Å². The van der Waals surface area contributed by atoms with Gasteiger partial charge in [0.1, 0.15) is 33.8 Å². The number of ether oxygens (including phenoxy) is 1. The Labute approximate surface area is 468 Å². The molecule has 0 spiro atoms. The van der Waals surface area contributed by atoms with Crippen LogP contribution in [-0.2, 0) is 0 Å². The van der Waals surface area contributed by atoms with Crippen LogP contribution in [0.3, 0.4) is 0 Å². The number of furan rings is 2. The molecule has 0 radical (unpaired) electrons. The van der Waals surface area contributed by atoms with Crippen molar-refractivity contribution in [3.8, 4) is 67.1 Å². The minimum Gasteiger partial charge on any atom is -0.456 e. The van der Waals surface area contributed by atoms with Crippen LogP contribution in [0.2, 0.25) is 0 Å². The molecule has 0 fully saturated rings. The summed E-state index contributed by atoms with van der Waals surface area (Å²) in [5, 5.41) is 6.63. The summed E-state index contributed by atoms with van der Waals surface area (Å²) in [6, 6.07) is 103. The lowest BCUT2D eigenvalue weighted by Gasteiger charge is -2.30. The van der Waals surface area contributed by atoms with Crippen molar-refractivity contribution in [2.45, 2.75) is 0 Å². The van der Waals surface area contributed by atoms with Gasteiger partial charge in [0.15, 0.2) is 0 Å². The van der Waals surface area contributed by atoms with Crippen LogP contribution < -0.4 is 14.5 Å². The quantitative estimate of drug-likeness (QED) is 0.137. The molecule has 2 aromatic heterocycles. The Morgan fingerprint density at radius 1 is 0.235 bits per heavy atom. The van der Waals surface area contributed by atoms with Gasteiger partial charge in [-0.15, -0.1) is 0 Å². The van der Waals surface area contributed by atoms with E-state index < -0.39 is 0 Å². The number of hydrogen-bond donors (Lipinski definition) is 0. The lowest BCUT2D eigenvalue weighted by molar-refractivity contribution is 0.487. The van der Waals surface area contributed by atoms with Crippen LogP contribution in [0.4, 0.5) is 34.1 Å². The molecule has 13 aromatic carbocycles. The van der Waals surface area contributed by atoms with Gasteiger partial charge < -0.3 is 23.4 Å². The van der Waals surface area contributed by atoms with Crippen molar-refractivity contribution in [3.05, 3.63) is 291 Å². The van der Waals surface area contributed by atoms with E-state index in [9.17, 15) is 0 Å². The lowest BCUT2D eigenvalue weighted by atomic mass is 9.93. The van der Waals surface area contributed by atoms with E-state index in [0.717, 1.165) is 145 Å². The Bertz CT molecular complexity index is 4870. The van der Waals surface area contributed by atoms with Crippen molar-refractivity contribution >= 4 is 88.8 Å². The van der Waals surface area contributed by atoms with Crippen LogP contribution in [-0.4, -0.2) is 0 Å². The molecule has 5 nitrogen and oxygen atoms in total. The summed E-state index contributed by atoms with van der Waals surface area (Å²) in [5.41, 5.74) is 20.7. The van der Waals surface area contributed by atoms with Crippen LogP contribution in [0.5, 0.6) is 11.5 Å². The molecule has 0 bridgehead atoms. The minimum atomic E-state index is 0.784. The molecule has 81 heavy (non-hydrogen) atoms. The Balaban J connectivity index is 0.796.